The van der Waals surface area contributed by atoms with Crippen molar-refractivity contribution in [1.29, 1.82) is 0 Å². The lowest BCUT2D eigenvalue weighted by Gasteiger charge is -2.39. The van der Waals surface area contributed by atoms with Crippen molar-refractivity contribution in [3.8, 4) is 11.5 Å². The molecule has 0 aromatic heterocycles. The van der Waals surface area contributed by atoms with Crippen LogP contribution in [0.4, 0.5) is 17.1 Å². The molecular weight excluding hydrogens is 520 g/mol. The molecule has 1 unspecified atom stereocenters. The second kappa shape index (κ2) is 9.60. The Morgan fingerprint density at radius 1 is 0.875 bits per heavy atom. The molecule has 1 atom stereocenters. The molecule has 40 heavy (non-hydrogen) atoms. The fourth-order valence-corrected chi connectivity index (χ4v) is 6.87. The third-order valence-corrected chi connectivity index (χ3v) is 8.98. The Balaban J connectivity index is 1.42. The van der Waals surface area contributed by atoms with Crippen molar-refractivity contribution in [3.05, 3.63) is 112 Å². The smallest absolute Gasteiger partial charge is 0.340 e. The molecule has 1 fully saturated rings. The predicted molar refractivity (Wildman–Crippen MR) is 159 cm³/mol. The normalized spacial score (nSPS) is 19.3. The number of esters is 1. The third-order valence-electron chi connectivity index (χ3n) is 8.68. The van der Waals surface area contributed by atoms with E-state index in [1.807, 2.05) is 78.9 Å². The van der Waals surface area contributed by atoms with Crippen LogP contribution in [-0.2, 0) is 10.3 Å². The van der Waals surface area contributed by atoms with Crippen LogP contribution < -0.4 is 15.0 Å². The van der Waals surface area contributed by atoms with E-state index in [0.29, 0.717) is 28.1 Å². The lowest BCUT2D eigenvalue weighted by atomic mass is 9.77. The quantitative estimate of drug-likeness (QED) is 0.257. The van der Waals surface area contributed by atoms with Crippen LogP contribution in [0.5, 0.6) is 11.5 Å². The zero-order valence-corrected chi connectivity index (χ0v) is 23.4. The lowest BCUT2D eigenvalue weighted by molar-refractivity contribution is 0.0224. The standard InChI is InChI=1S/C34H31ClN2O3/c1-21-17-31-27(19-29(21)36-22-11-5-3-6-12-22)34(25-16-10-9-15-24(25)33(38)40-34)26-18-28(35)30(20-32(26)39-31)37(2)23-13-7-4-8-14-23/h3,5-6,9-12,15-20,23,36H,4,7-8,13-14H2,1-2H3. The second-order valence-electron chi connectivity index (χ2n) is 11.1. The summed E-state index contributed by atoms with van der Waals surface area (Å²) < 4.78 is 13.0. The molecule has 4 aromatic rings. The van der Waals surface area contributed by atoms with Gasteiger partial charge in [0.2, 0.25) is 0 Å². The first-order valence-corrected chi connectivity index (χ1v) is 14.4. The summed E-state index contributed by atoms with van der Waals surface area (Å²) in [6, 6.07) is 26.1. The molecular formula is C34H31ClN2O3. The highest BCUT2D eigenvalue weighted by molar-refractivity contribution is 6.33. The lowest BCUT2D eigenvalue weighted by Crippen LogP contribution is -2.35. The number of hydrogen-bond donors (Lipinski definition) is 1. The summed E-state index contributed by atoms with van der Waals surface area (Å²) in [6.45, 7) is 2.05. The molecule has 1 aliphatic carbocycles. The number of rotatable bonds is 4. The third kappa shape index (κ3) is 3.87. The van der Waals surface area contributed by atoms with Crippen molar-refractivity contribution in [1.82, 2.24) is 0 Å². The zero-order valence-electron chi connectivity index (χ0n) is 22.7. The minimum atomic E-state index is -1.18. The Kier molecular flexibility index (Phi) is 6.01. The van der Waals surface area contributed by atoms with Crippen LogP contribution in [0.15, 0.2) is 78.9 Å². The van der Waals surface area contributed by atoms with Crippen LogP contribution in [0, 0.1) is 6.92 Å². The summed E-state index contributed by atoms with van der Waals surface area (Å²) >= 11 is 7.04. The molecule has 2 heterocycles. The van der Waals surface area contributed by atoms with Gasteiger partial charge in [-0.15, -0.1) is 0 Å². The van der Waals surface area contributed by atoms with E-state index >= 15 is 0 Å². The Labute approximate surface area is 239 Å². The number of aryl methyl sites for hydroxylation is 1. The van der Waals surface area contributed by atoms with Gasteiger partial charge in [0.05, 0.1) is 16.3 Å². The fourth-order valence-electron chi connectivity index (χ4n) is 6.57. The summed E-state index contributed by atoms with van der Waals surface area (Å²) in [7, 11) is 2.12. The van der Waals surface area contributed by atoms with Crippen LogP contribution >= 0.6 is 11.6 Å². The first kappa shape index (κ1) is 25.0. The number of nitrogens with zero attached hydrogens (tertiary/aromatic N) is 1. The molecule has 5 nitrogen and oxygen atoms in total. The Bertz CT molecular complexity index is 1630. The number of carbonyl (C=O) groups excluding carboxylic acids is 1. The number of fused-ring (bicyclic) bond motifs is 6. The van der Waals surface area contributed by atoms with Gasteiger partial charge in [0, 0.05) is 47.2 Å². The summed E-state index contributed by atoms with van der Waals surface area (Å²) in [4.78, 5) is 15.6. The number of nitrogens with one attached hydrogen (secondary N) is 1. The van der Waals surface area contributed by atoms with Crippen LogP contribution in [0.1, 0.15) is 64.7 Å². The second-order valence-corrected chi connectivity index (χ2v) is 11.5. The van der Waals surface area contributed by atoms with E-state index in [1.54, 1.807) is 0 Å². The molecule has 2 aliphatic heterocycles. The topological polar surface area (TPSA) is 50.8 Å². The molecule has 1 spiro atoms. The molecule has 1 saturated carbocycles. The van der Waals surface area contributed by atoms with E-state index < -0.39 is 5.60 Å². The van der Waals surface area contributed by atoms with Crippen molar-refractivity contribution in [2.75, 3.05) is 17.3 Å². The van der Waals surface area contributed by atoms with Crippen molar-refractivity contribution in [3.63, 3.8) is 0 Å². The molecule has 0 radical (unpaired) electrons. The first-order valence-electron chi connectivity index (χ1n) is 14.0. The SMILES string of the molecule is Cc1cc2c(cc1Nc1ccccc1)C1(OC(=O)c3ccccc31)c1cc(Cl)c(N(C)C3CCCCC3)cc1O2. The Morgan fingerprint density at radius 3 is 2.38 bits per heavy atom. The van der Waals surface area contributed by atoms with E-state index in [2.05, 4.69) is 24.2 Å². The summed E-state index contributed by atoms with van der Waals surface area (Å²) in [5.74, 6) is 0.969. The number of halogens is 1. The van der Waals surface area contributed by atoms with Crippen LogP contribution in [-0.4, -0.2) is 19.1 Å². The average Bonchev–Trinajstić information content (AvgIpc) is 3.27. The van der Waals surface area contributed by atoms with E-state index in [1.165, 1.54) is 19.3 Å². The predicted octanol–water partition coefficient (Wildman–Crippen LogP) is 8.73. The van der Waals surface area contributed by atoms with E-state index in [-0.39, 0.29) is 5.97 Å². The summed E-state index contributed by atoms with van der Waals surface area (Å²) in [6.07, 6.45) is 6.06. The maximum atomic E-state index is 13.3. The largest absolute Gasteiger partial charge is 0.456 e. The zero-order chi connectivity index (χ0) is 27.4. The van der Waals surface area contributed by atoms with Crippen molar-refractivity contribution < 1.29 is 14.3 Å². The fraction of sp³-hybridized carbons (Fsp3) is 0.265. The molecule has 0 saturated heterocycles. The number of benzene rings is 4. The molecule has 0 amide bonds. The Hall–Kier alpha value is -3.96. The van der Waals surface area contributed by atoms with Gasteiger partial charge in [-0.05, 0) is 61.7 Å². The molecule has 6 heteroatoms. The average molecular weight is 551 g/mol. The van der Waals surface area contributed by atoms with Crippen LogP contribution in [0.3, 0.4) is 0 Å². The van der Waals surface area contributed by atoms with Crippen molar-refractivity contribution in [2.45, 2.75) is 50.7 Å². The maximum absolute atomic E-state index is 13.3. The van der Waals surface area contributed by atoms with Crippen LogP contribution in [0.25, 0.3) is 0 Å². The number of ether oxygens (including phenoxy) is 2. The van der Waals surface area contributed by atoms with Gasteiger partial charge >= 0.3 is 5.97 Å². The monoisotopic (exact) mass is 550 g/mol. The van der Waals surface area contributed by atoms with Crippen molar-refractivity contribution >= 4 is 34.6 Å². The van der Waals surface area contributed by atoms with Gasteiger partial charge in [-0.1, -0.05) is 67.3 Å². The van der Waals surface area contributed by atoms with Gasteiger partial charge in [0.25, 0.3) is 0 Å². The highest BCUT2D eigenvalue weighted by atomic mass is 35.5. The van der Waals surface area contributed by atoms with E-state index in [0.717, 1.165) is 52.2 Å². The first-order chi connectivity index (χ1) is 19.5. The van der Waals surface area contributed by atoms with Crippen LogP contribution in [0.2, 0.25) is 5.02 Å². The summed E-state index contributed by atoms with van der Waals surface area (Å²) in [5.41, 5.74) is 5.52. The molecule has 1 N–H and O–H groups in total. The highest BCUT2D eigenvalue weighted by Crippen LogP contribution is 2.58. The molecule has 4 aromatic carbocycles. The molecule has 3 aliphatic rings. The minimum absolute atomic E-state index is 0.355. The minimum Gasteiger partial charge on any atom is -0.456 e. The summed E-state index contributed by atoms with van der Waals surface area (Å²) in [5, 5.41) is 4.15. The van der Waals surface area contributed by atoms with Gasteiger partial charge in [0.1, 0.15) is 11.5 Å². The number of anilines is 3. The van der Waals surface area contributed by atoms with Gasteiger partial charge in [-0.3, -0.25) is 0 Å². The number of hydrogen-bond acceptors (Lipinski definition) is 5. The highest BCUT2D eigenvalue weighted by Gasteiger charge is 2.54. The molecule has 7 rings (SSSR count). The number of carbonyl (C=O) groups is 1. The Morgan fingerprint density at radius 2 is 1.57 bits per heavy atom. The van der Waals surface area contributed by atoms with Gasteiger partial charge in [-0.25, -0.2) is 4.79 Å². The molecule has 0 bridgehead atoms. The van der Waals surface area contributed by atoms with E-state index in [9.17, 15) is 4.79 Å². The number of para-hydroxylation sites is 1. The van der Waals surface area contributed by atoms with Crippen molar-refractivity contribution in [2.24, 2.45) is 0 Å². The molecule has 202 valence electrons. The van der Waals surface area contributed by atoms with Gasteiger partial charge < -0.3 is 19.7 Å². The van der Waals surface area contributed by atoms with Gasteiger partial charge in [0.15, 0.2) is 5.60 Å². The van der Waals surface area contributed by atoms with E-state index in [4.69, 9.17) is 21.1 Å². The van der Waals surface area contributed by atoms with Gasteiger partial charge in [-0.2, -0.15) is 0 Å². The maximum Gasteiger partial charge on any atom is 0.340 e.